The molecule has 0 saturated carbocycles. The minimum absolute atomic E-state index is 0.161. The van der Waals surface area contributed by atoms with E-state index in [1.807, 2.05) is 0 Å². The molecule has 0 unspecified atom stereocenters. The molecule has 0 fully saturated rings. The Morgan fingerprint density at radius 2 is 2.00 bits per heavy atom. The van der Waals surface area contributed by atoms with Gasteiger partial charge in [0, 0.05) is 12.1 Å². The number of nitrogens with two attached hydrogens (primary N) is 1. The van der Waals surface area contributed by atoms with Crippen LogP contribution in [0.5, 0.6) is 0 Å². The molecule has 2 amide bonds. The van der Waals surface area contributed by atoms with E-state index in [1.54, 1.807) is 0 Å². The van der Waals surface area contributed by atoms with Crippen LogP contribution in [0.2, 0.25) is 5.02 Å². The monoisotopic (exact) mass is 212 g/mol. The number of hydrogen-bond acceptors (Lipinski definition) is 2. The van der Waals surface area contributed by atoms with Crippen LogP contribution in [-0.4, -0.2) is 18.9 Å². The first kappa shape index (κ1) is 10.5. The normalized spacial score (nSPS) is 9.57. The Bertz CT molecular complexity index is 390. The van der Waals surface area contributed by atoms with E-state index >= 15 is 0 Å². The highest BCUT2D eigenvalue weighted by Gasteiger charge is 2.13. The van der Waals surface area contributed by atoms with Crippen molar-refractivity contribution in [3.63, 3.8) is 0 Å². The molecule has 3 N–H and O–H groups in total. The van der Waals surface area contributed by atoms with Crippen LogP contribution in [0.1, 0.15) is 20.7 Å². The van der Waals surface area contributed by atoms with Gasteiger partial charge in [0.1, 0.15) is 0 Å². The quantitative estimate of drug-likeness (QED) is 0.761. The minimum atomic E-state index is -0.653. The summed E-state index contributed by atoms with van der Waals surface area (Å²) in [5.74, 6) is -1.04. The van der Waals surface area contributed by atoms with E-state index < -0.39 is 5.91 Å². The van der Waals surface area contributed by atoms with Gasteiger partial charge in [0.05, 0.1) is 11.1 Å². The van der Waals surface area contributed by atoms with E-state index in [0.717, 1.165) is 0 Å². The number of hydrogen-bond donors (Lipinski definition) is 2. The molecule has 1 aromatic carbocycles. The third-order valence-electron chi connectivity index (χ3n) is 1.72. The molecule has 74 valence electrons. The van der Waals surface area contributed by atoms with Gasteiger partial charge in [0.2, 0.25) is 5.91 Å². The first-order valence-electron chi connectivity index (χ1n) is 3.87. The number of benzene rings is 1. The summed E-state index contributed by atoms with van der Waals surface area (Å²) in [4.78, 5) is 22.3. The second-order valence-corrected chi connectivity index (χ2v) is 3.07. The summed E-state index contributed by atoms with van der Waals surface area (Å²) < 4.78 is 0. The van der Waals surface area contributed by atoms with Gasteiger partial charge in [-0.3, -0.25) is 9.59 Å². The SMILES string of the molecule is CNC(=O)c1cc(Cl)ccc1C(N)=O. The van der Waals surface area contributed by atoms with Crippen LogP contribution < -0.4 is 11.1 Å². The van der Waals surface area contributed by atoms with Crippen molar-refractivity contribution in [3.05, 3.63) is 34.3 Å². The average Bonchev–Trinajstić information content (AvgIpc) is 2.16. The van der Waals surface area contributed by atoms with Crippen LogP contribution >= 0.6 is 11.6 Å². The summed E-state index contributed by atoms with van der Waals surface area (Å²) >= 11 is 5.69. The van der Waals surface area contributed by atoms with Crippen molar-refractivity contribution in [2.45, 2.75) is 0 Å². The third kappa shape index (κ3) is 2.03. The largest absolute Gasteiger partial charge is 0.366 e. The Labute approximate surface area is 86.0 Å². The van der Waals surface area contributed by atoms with Gasteiger partial charge in [-0.1, -0.05) is 11.6 Å². The molecule has 14 heavy (non-hydrogen) atoms. The van der Waals surface area contributed by atoms with Gasteiger partial charge in [0.25, 0.3) is 5.91 Å². The molecule has 0 heterocycles. The number of primary amides is 1. The Kier molecular flexibility index (Phi) is 3.09. The Hall–Kier alpha value is -1.55. The first-order valence-corrected chi connectivity index (χ1v) is 4.25. The third-order valence-corrected chi connectivity index (χ3v) is 1.95. The molecule has 0 bridgehead atoms. The molecule has 0 atom stereocenters. The van der Waals surface area contributed by atoms with Gasteiger partial charge >= 0.3 is 0 Å². The standard InChI is InChI=1S/C9H9ClN2O2/c1-12-9(14)7-4-5(10)2-3-6(7)8(11)13/h2-4H,1H3,(H2,11,13)(H,12,14). The van der Waals surface area contributed by atoms with Gasteiger partial charge < -0.3 is 11.1 Å². The van der Waals surface area contributed by atoms with Crippen molar-refractivity contribution < 1.29 is 9.59 Å². The molecule has 0 aliphatic rings. The van der Waals surface area contributed by atoms with Crippen LogP contribution in [0, 0.1) is 0 Å². The van der Waals surface area contributed by atoms with Gasteiger partial charge in [-0.05, 0) is 18.2 Å². The van der Waals surface area contributed by atoms with Crippen LogP contribution in [-0.2, 0) is 0 Å². The lowest BCUT2D eigenvalue weighted by Gasteiger charge is -2.05. The van der Waals surface area contributed by atoms with Crippen molar-refractivity contribution >= 4 is 23.4 Å². The molecule has 0 aliphatic carbocycles. The number of amides is 2. The maximum absolute atomic E-state index is 11.3. The van der Waals surface area contributed by atoms with Crippen molar-refractivity contribution in [1.82, 2.24) is 5.32 Å². The van der Waals surface area contributed by atoms with Crippen LogP contribution in [0.4, 0.5) is 0 Å². The van der Waals surface area contributed by atoms with E-state index in [9.17, 15) is 9.59 Å². The van der Waals surface area contributed by atoms with Gasteiger partial charge in [-0.25, -0.2) is 0 Å². The lowest BCUT2D eigenvalue weighted by molar-refractivity contribution is 0.0943. The Balaban J connectivity index is 3.29. The van der Waals surface area contributed by atoms with E-state index in [1.165, 1.54) is 25.2 Å². The van der Waals surface area contributed by atoms with Crippen molar-refractivity contribution in [1.29, 1.82) is 0 Å². The fourth-order valence-electron chi connectivity index (χ4n) is 1.05. The van der Waals surface area contributed by atoms with E-state index in [2.05, 4.69) is 5.32 Å². The van der Waals surface area contributed by atoms with Crippen molar-refractivity contribution in [2.24, 2.45) is 5.73 Å². The first-order chi connectivity index (χ1) is 6.56. The molecule has 0 aliphatic heterocycles. The molecule has 1 rings (SSSR count). The molecular weight excluding hydrogens is 204 g/mol. The smallest absolute Gasteiger partial charge is 0.251 e. The molecule has 0 saturated heterocycles. The highest BCUT2D eigenvalue weighted by molar-refractivity contribution is 6.31. The molecule has 0 radical (unpaired) electrons. The lowest BCUT2D eigenvalue weighted by atomic mass is 10.1. The van der Waals surface area contributed by atoms with E-state index in [4.69, 9.17) is 17.3 Å². The zero-order valence-corrected chi connectivity index (χ0v) is 8.26. The Morgan fingerprint density at radius 3 is 2.50 bits per heavy atom. The molecule has 4 nitrogen and oxygen atoms in total. The number of halogens is 1. The fraction of sp³-hybridized carbons (Fsp3) is 0.111. The number of carbonyl (C=O) groups excluding carboxylic acids is 2. The number of carbonyl (C=O) groups is 2. The second-order valence-electron chi connectivity index (χ2n) is 2.63. The summed E-state index contributed by atoms with van der Waals surface area (Å²) in [6.45, 7) is 0. The average molecular weight is 213 g/mol. The highest BCUT2D eigenvalue weighted by Crippen LogP contribution is 2.15. The zero-order chi connectivity index (χ0) is 10.7. The maximum Gasteiger partial charge on any atom is 0.251 e. The summed E-state index contributed by atoms with van der Waals surface area (Å²) in [7, 11) is 1.47. The molecule has 0 spiro atoms. The Morgan fingerprint density at radius 1 is 1.36 bits per heavy atom. The predicted octanol–water partition coefficient (Wildman–Crippen LogP) is 0.799. The van der Waals surface area contributed by atoms with Crippen LogP contribution in [0.3, 0.4) is 0 Å². The fourth-order valence-corrected chi connectivity index (χ4v) is 1.23. The zero-order valence-electron chi connectivity index (χ0n) is 7.50. The van der Waals surface area contributed by atoms with E-state index in [-0.39, 0.29) is 17.0 Å². The topological polar surface area (TPSA) is 72.2 Å². The summed E-state index contributed by atoms with van der Waals surface area (Å²) in [6, 6.07) is 4.34. The molecule has 5 heteroatoms. The van der Waals surface area contributed by atoms with Gasteiger partial charge in [-0.15, -0.1) is 0 Å². The number of nitrogens with one attached hydrogen (secondary N) is 1. The van der Waals surface area contributed by atoms with Gasteiger partial charge in [-0.2, -0.15) is 0 Å². The lowest BCUT2D eigenvalue weighted by Crippen LogP contribution is -2.23. The van der Waals surface area contributed by atoms with Crippen molar-refractivity contribution in [3.8, 4) is 0 Å². The van der Waals surface area contributed by atoms with Crippen LogP contribution in [0.15, 0.2) is 18.2 Å². The minimum Gasteiger partial charge on any atom is -0.366 e. The molecule has 0 aromatic heterocycles. The van der Waals surface area contributed by atoms with Crippen LogP contribution in [0.25, 0.3) is 0 Å². The molecular formula is C9H9ClN2O2. The predicted molar refractivity (Wildman–Crippen MR) is 53.4 cm³/mol. The summed E-state index contributed by atoms with van der Waals surface area (Å²) in [6.07, 6.45) is 0. The van der Waals surface area contributed by atoms with Gasteiger partial charge in [0.15, 0.2) is 0 Å². The van der Waals surface area contributed by atoms with E-state index in [0.29, 0.717) is 5.02 Å². The summed E-state index contributed by atoms with van der Waals surface area (Å²) in [5.41, 5.74) is 5.44. The summed E-state index contributed by atoms with van der Waals surface area (Å²) in [5, 5.41) is 2.78. The second kappa shape index (κ2) is 4.11. The molecule has 1 aromatic rings. The number of rotatable bonds is 2. The maximum atomic E-state index is 11.3. The highest BCUT2D eigenvalue weighted by atomic mass is 35.5. The van der Waals surface area contributed by atoms with Crippen molar-refractivity contribution in [2.75, 3.05) is 7.05 Å².